The minimum atomic E-state index is -0.886. The molecule has 0 aliphatic rings. The molecule has 0 saturated heterocycles. The Labute approximate surface area is 123 Å². The molecule has 0 aliphatic heterocycles. The lowest BCUT2D eigenvalue weighted by molar-refractivity contribution is -0.137. The summed E-state index contributed by atoms with van der Waals surface area (Å²) in [4.78, 5) is 38.9. The molecule has 0 fully saturated rings. The molecule has 2 N–H and O–H groups in total. The fourth-order valence-corrected chi connectivity index (χ4v) is 1.67. The molecule has 0 unspecified atom stereocenters. The second-order valence-electron chi connectivity index (χ2n) is 4.67. The number of urea groups is 1. The van der Waals surface area contributed by atoms with Crippen molar-refractivity contribution in [2.75, 3.05) is 7.05 Å². The summed E-state index contributed by atoms with van der Waals surface area (Å²) in [6.07, 6.45) is 4.30. The van der Waals surface area contributed by atoms with Gasteiger partial charge < -0.3 is 10.0 Å². The molecule has 7 nitrogen and oxygen atoms in total. The van der Waals surface area contributed by atoms with Gasteiger partial charge >= 0.3 is 12.0 Å². The van der Waals surface area contributed by atoms with E-state index in [1.807, 2.05) is 0 Å². The van der Waals surface area contributed by atoms with Crippen LogP contribution in [0.5, 0.6) is 0 Å². The Morgan fingerprint density at radius 1 is 1.19 bits per heavy atom. The third-order valence-corrected chi connectivity index (χ3v) is 2.81. The van der Waals surface area contributed by atoms with Gasteiger partial charge in [-0.2, -0.15) is 0 Å². The minimum absolute atomic E-state index is 0.0309. The molecular weight excluding hydrogens is 274 g/mol. The molecule has 0 saturated carbocycles. The van der Waals surface area contributed by atoms with Crippen molar-refractivity contribution in [1.82, 2.24) is 15.2 Å². The number of pyridine rings is 1. The fourth-order valence-electron chi connectivity index (χ4n) is 1.67. The number of amides is 3. The number of imide groups is 1. The van der Waals surface area contributed by atoms with Crippen LogP contribution in [0, 0.1) is 0 Å². The molecule has 1 aromatic rings. The molecule has 1 heterocycles. The lowest BCUT2D eigenvalue weighted by Crippen LogP contribution is -2.40. The molecule has 0 radical (unpaired) electrons. The van der Waals surface area contributed by atoms with E-state index >= 15 is 0 Å². The number of hydrogen-bond donors (Lipinski definition) is 2. The highest BCUT2D eigenvalue weighted by Crippen LogP contribution is 2.02. The van der Waals surface area contributed by atoms with Crippen LogP contribution < -0.4 is 5.32 Å². The van der Waals surface area contributed by atoms with E-state index in [0.717, 1.165) is 5.56 Å². The lowest BCUT2D eigenvalue weighted by Gasteiger charge is -2.17. The first kappa shape index (κ1) is 16.6. The topological polar surface area (TPSA) is 99.6 Å². The van der Waals surface area contributed by atoms with Crippen molar-refractivity contribution >= 4 is 17.9 Å². The fraction of sp³-hybridized carbons (Fsp3) is 0.429. The van der Waals surface area contributed by atoms with Gasteiger partial charge in [-0.25, -0.2) is 4.79 Å². The zero-order valence-corrected chi connectivity index (χ0v) is 11.9. The number of aromatic nitrogens is 1. The second-order valence-corrected chi connectivity index (χ2v) is 4.67. The summed E-state index contributed by atoms with van der Waals surface area (Å²) in [5.74, 6) is -1.28. The van der Waals surface area contributed by atoms with Gasteiger partial charge in [-0.3, -0.25) is 19.9 Å². The number of carbonyl (C=O) groups is 3. The van der Waals surface area contributed by atoms with E-state index < -0.39 is 17.9 Å². The van der Waals surface area contributed by atoms with Gasteiger partial charge in [-0.1, -0.05) is 0 Å². The summed E-state index contributed by atoms with van der Waals surface area (Å²) < 4.78 is 0. The van der Waals surface area contributed by atoms with Gasteiger partial charge in [0.25, 0.3) is 0 Å². The molecule has 0 aromatic carbocycles. The molecule has 1 rings (SSSR count). The predicted octanol–water partition coefficient (Wildman–Crippen LogP) is 1.39. The highest BCUT2D eigenvalue weighted by molar-refractivity contribution is 5.94. The van der Waals surface area contributed by atoms with Gasteiger partial charge in [0.2, 0.25) is 5.91 Å². The Hall–Kier alpha value is -2.44. The van der Waals surface area contributed by atoms with Crippen molar-refractivity contribution in [3.05, 3.63) is 30.1 Å². The number of hydrogen-bond acceptors (Lipinski definition) is 4. The van der Waals surface area contributed by atoms with Gasteiger partial charge in [0, 0.05) is 38.8 Å². The monoisotopic (exact) mass is 293 g/mol. The van der Waals surface area contributed by atoms with E-state index in [9.17, 15) is 14.4 Å². The Kier molecular flexibility index (Phi) is 6.86. The quantitative estimate of drug-likeness (QED) is 0.740. The van der Waals surface area contributed by atoms with Crippen LogP contribution in [-0.4, -0.2) is 39.9 Å². The first-order valence-electron chi connectivity index (χ1n) is 6.64. The van der Waals surface area contributed by atoms with Gasteiger partial charge in [-0.05, 0) is 30.5 Å². The predicted molar refractivity (Wildman–Crippen MR) is 75.3 cm³/mol. The first-order chi connectivity index (χ1) is 9.99. The molecule has 3 amide bonds. The molecule has 114 valence electrons. The number of carbonyl (C=O) groups excluding carboxylic acids is 2. The number of carboxylic acid groups (broad SMARTS) is 1. The SMILES string of the molecule is CN(Cc1ccncc1)C(=O)NC(=O)CCCCC(=O)O. The third kappa shape index (κ3) is 7.05. The van der Waals surface area contributed by atoms with Gasteiger partial charge in [0.1, 0.15) is 0 Å². The van der Waals surface area contributed by atoms with E-state index in [-0.39, 0.29) is 12.8 Å². The third-order valence-electron chi connectivity index (χ3n) is 2.81. The number of nitrogens with one attached hydrogen (secondary N) is 1. The van der Waals surface area contributed by atoms with E-state index in [1.54, 1.807) is 31.6 Å². The lowest BCUT2D eigenvalue weighted by atomic mass is 10.2. The van der Waals surface area contributed by atoms with Crippen LogP contribution >= 0.6 is 0 Å². The molecule has 0 aliphatic carbocycles. The van der Waals surface area contributed by atoms with Crippen LogP contribution in [0.25, 0.3) is 0 Å². The van der Waals surface area contributed by atoms with Crippen LogP contribution in [0.1, 0.15) is 31.2 Å². The van der Waals surface area contributed by atoms with E-state index in [0.29, 0.717) is 19.4 Å². The van der Waals surface area contributed by atoms with Crippen LogP contribution in [0.3, 0.4) is 0 Å². The minimum Gasteiger partial charge on any atom is -0.481 e. The van der Waals surface area contributed by atoms with E-state index in [4.69, 9.17) is 5.11 Å². The van der Waals surface area contributed by atoms with Crippen molar-refractivity contribution in [1.29, 1.82) is 0 Å². The smallest absolute Gasteiger partial charge is 0.324 e. The van der Waals surface area contributed by atoms with Crippen molar-refractivity contribution in [2.24, 2.45) is 0 Å². The average molecular weight is 293 g/mol. The molecule has 21 heavy (non-hydrogen) atoms. The summed E-state index contributed by atoms with van der Waals surface area (Å²) in [6, 6.07) is 3.10. The standard InChI is InChI=1S/C14H19N3O4/c1-17(10-11-6-8-15-9-7-11)14(21)16-12(18)4-2-3-5-13(19)20/h6-9H,2-5,10H2,1H3,(H,19,20)(H,16,18,21). The Morgan fingerprint density at radius 2 is 1.81 bits per heavy atom. The number of aliphatic carboxylic acids is 1. The second kappa shape index (κ2) is 8.68. The molecule has 7 heteroatoms. The van der Waals surface area contributed by atoms with Crippen molar-refractivity contribution < 1.29 is 19.5 Å². The summed E-state index contributed by atoms with van der Waals surface area (Å²) in [6.45, 7) is 0.376. The van der Waals surface area contributed by atoms with Gasteiger partial charge in [0.15, 0.2) is 0 Å². The first-order valence-corrected chi connectivity index (χ1v) is 6.64. The van der Waals surface area contributed by atoms with Crippen molar-refractivity contribution in [2.45, 2.75) is 32.2 Å². The largest absolute Gasteiger partial charge is 0.481 e. The zero-order chi connectivity index (χ0) is 15.7. The Morgan fingerprint density at radius 3 is 2.43 bits per heavy atom. The molecule has 1 aromatic heterocycles. The number of rotatable bonds is 7. The van der Waals surface area contributed by atoms with Crippen molar-refractivity contribution in [3.8, 4) is 0 Å². The summed E-state index contributed by atoms with van der Waals surface area (Å²) in [7, 11) is 1.59. The molecule has 0 atom stereocenters. The maximum Gasteiger partial charge on any atom is 0.324 e. The maximum atomic E-state index is 11.8. The zero-order valence-electron chi connectivity index (χ0n) is 11.9. The molecular formula is C14H19N3O4. The molecule has 0 spiro atoms. The van der Waals surface area contributed by atoms with E-state index in [2.05, 4.69) is 10.3 Å². The highest BCUT2D eigenvalue weighted by atomic mass is 16.4. The maximum absolute atomic E-state index is 11.8. The van der Waals surface area contributed by atoms with Gasteiger partial charge in [0.05, 0.1) is 0 Å². The van der Waals surface area contributed by atoms with Crippen LogP contribution in [0.2, 0.25) is 0 Å². The van der Waals surface area contributed by atoms with Crippen molar-refractivity contribution in [3.63, 3.8) is 0 Å². The highest BCUT2D eigenvalue weighted by Gasteiger charge is 2.12. The van der Waals surface area contributed by atoms with E-state index in [1.165, 1.54) is 4.90 Å². The molecule has 0 bridgehead atoms. The number of unbranched alkanes of at least 4 members (excludes halogenated alkanes) is 1. The van der Waals surface area contributed by atoms with Crippen LogP contribution in [0.4, 0.5) is 4.79 Å². The van der Waals surface area contributed by atoms with Crippen LogP contribution in [0.15, 0.2) is 24.5 Å². The number of nitrogens with zero attached hydrogens (tertiary/aromatic N) is 2. The Balaban J connectivity index is 2.28. The van der Waals surface area contributed by atoms with Crippen LogP contribution in [-0.2, 0) is 16.1 Å². The average Bonchev–Trinajstić information content (AvgIpc) is 2.44. The normalized spacial score (nSPS) is 9.95. The summed E-state index contributed by atoms with van der Waals surface area (Å²) in [5, 5.41) is 10.7. The summed E-state index contributed by atoms with van der Waals surface area (Å²) >= 11 is 0. The summed E-state index contributed by atoms with van der Waals surface area (Å²) in [5.41, 5.74) is 0.913. The Bertz CT molecular complexity index is 490. The number of carboxylic acids is 1. The van der Waals surface area contributed by atoms with Gasteiger partial charge in [-0.15, -0.1) is 0 Å².